The van der Waals surface area contributed by atoms with E-state index >= 15 is 0 Å². The Morgan fingerprint density at radius 1 is 1.65 bits per heavy atom. The quantitative estimate of drug-likeness (QED) is 0.585. The number of amides is 2. The molecule has 2 N–H and O–H groups in total. The summed E-state index contributed by atoms with van der Waals surface area (Å²) in [5, 5.41) is 11.1. The number of alkyl halides is 1. The van der Waals surface area contributed by atoms with Gasteiger partial charge in [-0.3, -0.25) is 9.69 Å². The monoisotopic (exact) mass is 318 g/mol. The van der Waals surface area contributed by atoms with E-state index in [9.17, 15) is 19.5 Å². The second-order valence-corrected chi connectivity index (χ2v) is 5.28. The maximum atomic E-state index is 12.0. The highest BCUT2D eigenvalue weighted by atomic mass is 35.5. The van der Waals surface area contributed by atoms with Crippen molar-refractivity contribution in [3.8, 4) is 0 Å². The average molecular weight is 319 g/mol. The minimum absolute atomic E-state index is 0.0856. The van der Waals surface area contributed by atoms with E-state index in [1.165, 1.54) is 17.8 Å². The van der Waals surface area contributed by atoms with Gasteiger partial charge in [0.05, 0.1) is 0 Å². The van der Waals surface area contributed by atoms with Crippen LogP contribution in [0.25, 0.3) is 0 Å². The number of allylic oxidation sites excluding steroid dienone is 1. The smallest absolute Gasteiger partial charge is 0.409 e. The van der Waals surface area contributed by atoms with E-state index in [1.54, 1.807) is 0 Å². The highest BCUT2D eigenvalue weighted by molar-refractivity contribution is 8.00. The van der Waals surface area contributed by atoms with Gasteiger partial charge in [-0.25, -0.2) is 9.59 Å². The van der Waals surface area contributed by atoms with Crippen LogP contribution in [0.1, 0.15) is 0 Å². The van der Waals surface area contributed by atoms with Crippen molar-refractivity contribution in [1.82, 2.24) is 10.2 Å². The third-order valence-corrected chi connectivity index (χ3v) is 4.32. The topological polar surface area (TPSA) is 95.9 Å². The lowest BCUT2D eigenvalue weighted by molar-refractivity contribution is -0.148. The number of nitrogens with one attached hydrogen (secondary N) is 1. The molecule has 2 rings (SSSR count). The fourth-order valence-electron chi connectivity index (χ4n) is 2.02. The summed E-state index contributed by atoms with van der Waals surface area (Å²) in [6.45, 7) is 3.54. The van der Waals surface area contributed by atoms with Gasteiger partial charge in [-0.15, -0.1) is 11.8 Å². The number of carbonyl (C=O) groups excluding carboxylic acids is 2. The lowest BCUT2D eigenvalue weighted by atomic mass is 10.0. The lowest BCUT2D eigenvalue weighted by Gasteiger charge is -2.48. The van der Waals surface area contributed by atoms with Crippen molar-refractivity contribution in [2.45, 2.75) is 11.4 Å². The lowest BCUT2D eigenvalue weighted by Crippen LogP contribution is -2.70. The molecule has 2 aliphatic heterocycles. The molecular weight excluding hydrogens is 308 g/mol. The van der Waals surface area contributed by atoms with Crippen LogP contribution in [0.3, 0.4) is 0 Å². The average Bonchev–Trinajstić information content (AvgIpc) is 2.43. The number of rotatable bonds is 4. The van der Waals surface area contributed by atoms with E-state index in [-0.39, 0.29) is 11.8 Å². The van der Waals surface area contributed by atoms with E-state index in [1.807, 2.05) is 0 Å². The summed E-state index contributed by atoms with van der Waals surface area (Å²) in [5.74, 6) is -1.28. The van der Waals surface area contributed by atoms with Gasteiger partial charge >= 0.3 is 12.1 Å². The molecular formula is C11H11ClN2O5S. The van der Waals surface area contributed by atoms with Crippen molar-refractivity contribution in [1.29, 1.82) is 0 Å². The number of carboxylic acids is 1. The van der Waals surface area contributed by atoms with Crippen LogP contribution in [0, 0.1) is 0 Å². The molecule has 2 atom stereocenters. The second kappa shape index (κ2) is 5.76. The molecule has 1 saturated heterocycles. The molecule has 0 bridgehead atoms. The highest BCUT2D eigenvalue weighted by Gasteiger charge is 2.54. The Bertz CT molecular complexity index is 521. The van der Waals surface area contributed by atoms with Crippen LogP contribution in [-0.2, 0) is 14.3 Å². The SMILES string of the molecule is C=CC1=C(C(=O)O)N2C(=O)C(NC(=O)OCCl)[C@@H]2SC1. The minimum atomic E-state index is -1.19. The third-order valence-electron chi connectivity index (χ3n) is 2.91. The first kappa shape index (κ1) is 14.7. The molecule has 2 aliphatic rings. The van der Waals surface area contributed by atoms with Crippen LogP contribution in [0.15, 0.2) is 23.9 Å². The number of carboxylic acid groups (broad SMARTS) is 1. The van der Waals surface area contributed by atoms with Crippen LogP contribution < -0.4 is 5.32 Å². The summed E-state index contributed by atoms with van der Waals surface area (Å²) in [5.41, 5.74) is 0.395. The number of alkyl carbamates (subject to hydrolysis) is 1. The summed E-state index contributed by atoms with van der Waals surface area (Å²) in [6.07, 6.45) is 0.608. The fraction of sp³-hybridized carbons (Fsp3) is 0.364. The van der Waals surface area contributed by atoms with Gasteiger partial charge < -0.3 is 15.2 Å². The van der Waals surface area contributed by atoms with E-state index in [0.29, 0.717) is 11.3 Å². The number of carbonyl (C=O) groups is 3. The van der Waals surface area contributed by atoms with Gasteiger partial charge in [0.2, 0.25) is 0 Å². The first-order chi connectivity index (χ1) is 9.51. The Hall–Kier alpha value is -1.67. The first-order valence-electron chi connectivity index (χ1n) is 5.54. The third kappa shape index (κ3) is 2.36. The maximum Gasteiger partial charge on any atom is 0.409 e. The molecule has 20 heavy (non-hydrogen) atoms. The highest BCUT2D eigenvalue weighted by Crippen LogP contribution is 2.40. The van der Waals surface area contributed by atoms with E-state index < -0.39 is 29.4 Å². The number of hydrogen-bond acceptors (Lipinski definition) is 5. The summed E-state index contributed by atoms with van der Waals surface area (Å²) >= 11 is 6.59. The first-order valence-corrected chi connectivity index (χ1v) is 7.12. The largest absolute Gasteiger partial charge is 0.477 e. The Morgan fingerprint density at radius 3 is 2.90 bits per heavy atom. The molecule has 1 fully saturated rings. The molecule has 108 valence electrons. The van der Waals surface area contributed by atoms with Crippen LogP contribution in [0.4, 0.5) is 4.79 Å². The fourth-order valence-corrected chi connectivity index (χ4v) is 3.46. The van der Waals surface area contributed by atoms with Crippen LogP contribution in [-0.4, -0.2) is 51.2 Å². The summed E-state index contributed by atoms with van der Waals surface area (Å²) < 4.78 is 4.48. The predicted octanol–water partition coefficient (Wildman–Crippen LogP) is 0.717. The van der Waals surface area contributed by atoms with Crippen LogP contribution in [0.2, 0.25) is 0 Å². The van der Waals surface area contributed by atoms with Crippen molar-refractivity contribution in [3.05, 3.63) is 23.9 Å². The zero-order chi connectivity index (χ0) is 14.9. The Balaban J connectivity index is 2.17. The summed E-state index contributed by atoms with van der Waals surface area (Å²) in [4.78, 5) is 35.7. The number of hydrogen-bond donors (Lipinski definition) is 2. The molecule has 1 unspecified atom stereocenters. The minimum Gasteiger partial charge on any atom is -0.477 e. The Kier molecular flexibility index (Phi) is 4.24. The van der Waals surface area contributed by atoms with E-state index in [2.05, 4.69) is 16.6 Å². The van der Waals surface area contributed by atoms with Gasteiger partial charge in [0.1, 0.15) is 17.1 Å². The number of nitrogens with zero attached hydrogens (tertiary/aromatic N) is 1. The maximum absolute atomic E-state index is 12.0. The number of β-lactam (4-membered cyclic amide) rings is 1. The molecule has 0 aromatic heterocycles. The van der Waals surface area contributed by atoms with Crippen LogP contribution in [0.5, 0.6) is 0 Å². The van der Waals surface area contributed by atoms with Gasteiger partial charge in [-0.2, -0.15) is 0 Å². The van der Waals surface area contributed by atoms with Crippen molar-refractivity contribution in [2.24, 2.45) is 0 Å². The molecule has 0 aromatic rings. The van der Waals surface area contributed by atoms with Gasteiger partial charge in [0.25, 0.3) is 5.91 Å². The summed E-state index contributed by atoms with van der Waals surface area (Å²) in [6, 6.07) is -1.13. The normalized spacial score (nSPS) is 24.6. The second-order valence-electron chi connectivity index (χ2n) is 3.96. The van der Waals surface area contributed by atoms with Crippen molar-refractivity contribution < 1.29 is 24.2 Å². The number of aliphatic carboxylic acids is 1. The molecule has 2 amide bonds. The Labute approximate surface area is 123 Å². The van der Waals surface area contributed by atoms with Crippen molar-refractivity contribution >= 4 is 41.3 Å². The molecule has 0 aliphatic carbocycles. The standard InChI is InChI=1S/C11H11ClN2O5S/c1-2-5-3-20-9-6(13-11(18)19-4-12)8(15)14(9)7(5)10(16)17/h2,6,9H,1,3-4H2,(H,13,18)(H,16,17)/t6?,9-/m0/s1. The van der Waals surface area contributed by atoms with E-state index in [4.69, 9.17) is 11.6 Å². The Morgan fingerprint density at radius 2 is 2.35 bits per heavy atom. The van der Waals surface area contributed by atoms with Gasteiger partial charge in [0, 0.05) is 5.75 Å². The zero-order valence-electron chi connectivity index (χ0n) is 10.2. The van der Waals surface area contributed by atoms with E-state index in [0.717, 1.165) is 4.90 Å². The van der Waals surface area contributed by atoms with Gasteiger partial charge in [-0.1, -0.05) is 24.3 Å². The number of ether oxygens (including phenoxy) is 1. The van der Waals surface area contributed by atoms with Gasteiger partial charge in [0.15, 0.2) is 6.07 Å². The molecule has 0 aromatic carbocycles. The molecule has 0 saturated carbocycles. The van der Waals surface area contributed by atoms with Gasteiger partial charge in [-0.05, 0) is 5.57 Å². The molecule has 2 heterocycles. The van der Waals surface area contributed by atoms with Crippen molar-refractivity contribution in [2.75, 3.05) is 11.8 Å². The summed E-state index contributed by atoms with van der Waals surface area (Å²) in [7, 11) is 0. The van der Waals surface area contributed by atoms with Crippen LogP contribution >= 0.6 is 23.4 Å². The molecule has 0 spiro atoms. The number of halogens is 1. The predicted molar refractivity (Wildman–Crippen MR) is 72.1 cm³/mol. The number of thioether (sulfide) groups is 1. The van der Waals surface area contributed by atoms with Crippen molar-refractivity contribution in [3.63, 3.8) is 0 Å². The zero-order valence-corrected chi connectivity index (χ0v) is 11.7. The molecule has 7 nitrogen and oxygen atoms in total. The molecule has 9 heteroatoms. The number of fused-ring (bicyclic) bond motifs is 1. The molecule has 0 radical (unpaired) electrons.